The van der Waals surface area contributed by atoms with Crippen LogP contribution in [0.15, 0.2) is 42.5 Å². The third kappa shape index (κ3) is 3.39. The molecule has 0 aliphatic heterocycles. The summed E-state index contributed by atoms with van der Waals surface area (Å²) in [5.74, 6) is -1.10. The van der Waals surface area contributed by atoms with E-state index in [0.717, 1.165) is 11.6 Å². The second-order valence-electron chi connectivity index (χ2n) is 3.90. The zero-order valence-electron chi connectivity index (χ0n) is 9.84. The van der Waals surface area contributed by atoms with Crippen molar-refractivity contribution in [2.24, 2.45) is 0 Å². The van der Waals surface area contributed by atoms with Gasteiger partial charge in [0.05, 0.1) is 0 Å². The van der Waals surface area contributed by atoms with E-state index >= 15 is 0 Å². The second-order valence-corrected chi connectivity index (χ2v) is 4.34. The monoisotopic (exact) mass is 278 g/mol. The molecule has 0 atom stereocenters. The Bertz CT molecular complexity index is 593. The molecule has 0 fully saturated rings. The van der Waals surface area contributed by atoms with Gasteiger partial charge in [-0.3, -0.25) is 0 Å². The number of benzene rings is 2. The number of carbonyl (C=O) groups is 1. The molecule has 0 saturated heterocycles. The Labute approximate surface area is 114 Å². The maximum absolute atomic E-state index is 11.7. The summed E-state index contributed by atoms with van der Waals surface area (Å²) < 4.78 is 5.05. The largest absolute Gasteiger partial charge is 0.508 e. The van der Waals surface area contributed by atoms with Gasteiger partial charge in [0, 0.05) is 11.1 Å². The number of phenols is 2. The smallest absolute Gasteiger partial charge is 0.342 e. The van der Waals surface area contributed by atoms with E-state index in [9.17, 15) is 9.90 Å². The Balaban J connectivity index is 2.03. The fourth-order valence-corrected chi connectivity index (χ4v) is 1.63. The van der Waals surface area contributed by atoms with Crippen LogP contribution in [0.2, 0.25) is 5.02 Å². The van der Waals surface area contributed by atoms with E-state index in [4.69, 9.17) is 21.4 Å². The lowest BCUT2D eigenvalue weighted by Crippen LogP contribution is -2.05. The molecule has 0 spiro atoms. The first-order valence-electron chi connectivity index (χ1n) is 5.50. The lowest BCUT2D eigenvalue weighted by Gasteiger charge is -2.06. The van der Waals surface area contributed by atoms with Crippen molar-refractivity contribution in [1.82, 2.24) is 0 Å². The average Bonchev–Trinajstić information content (AvgIpc) is 2.37. The summed E-state index contributed by atoms with van der Waals surface area (Å²) in [4.78, 5) is 11.7. The van der Waals surface area contributed by atoms with Gasteiger partial charge in [-0.05, 0) is 29.8 Å². The minimum Gasteiger partial charge on any atom is -0.508 e. The van der Waals surface area contributed by atoms with Crippen LogP contribution in [0.5, 0.6) is 11.5 Å². The molecule has 98 valence electrons. The SMILES string of the molecule is O=C(OCc1ccc(Cl)cc1)c1ccc(O)cc1O. The molecule has 2 rings (SSSR count). The molecule has 0 aliphatic carbocycles. The van der Waals surface area contributed by atoms with Gasteiger partial charge in [0.25, 0.3) is 0 Å². The van der Waals surface area contributed by atoms with Crippen LogP contribution in [0.1, 0.15) is 15.9 Å². The van der Waals surface area contributed by atoms with Gasteiger partial charge in [-0.25, -0.2) is 4.79 Å². The molecule has 0 amide bonds. The van der Waals surface area contributed by atoms with Crippen LogP contribution in [0.4, 0.5) is 0 Å². The molecule has 2 N–H and O–H groups in total. The highest BCUT2D eigenvalue weighted by Gasteiger charge is 2.13. The van der Waals surface area contributed by atoms with Gasteiger partial charge in [-0.2, -0.15) is 0 Å². The molecule has 0 bridgehead atoms. The third-order valence-electron chi connectivity index (χ3n) is 2.48. The summed E-state index contributed by atoms with van der Waals surface area (Å²) in [5, 5.41) is 19.2. The van der Waals surface area contributed by atoms with E-state index in [1.54, 1.807) is 24.3 Å². The van der Waals surface area contributed by atoms with Crippen molar-refractivity contribution in [3.05, 3.63) is 58.6 Å². The van der Waals surface area contributed by atoms with Crippen molar-refractivity contribution in [2.75, 3.05) is 0 Å². The third-order valence-corrected chi connectivity index (χ3v) is 2.74. The molecular formula is C14H11ClO4. The molecule has 2 aromatic rings. The highest BCUT2D eigenvalue weighted by molar-refractivity contribution is 6.30. The van der Waals surface area contributed by atoms with Crippen LogP contribution in [0.3, 0.4) is 0 Å². The van der Waals surface area contributed by atoms with Crippen LogP contribution < -0.4 is 0 Å². The van der Waals surface area contributed by atoms with Crippen molar-refractivity contribution in [2.45, 2.75) is 6.61 Å². The summed E-state index contributed by atoms with van der Waals surface area (Å²) >= 11 is 5.74. The number of esters is 1. The molecule has 0 aromatic heterocycles. The predicted molar refractivity (Wildman–Crippen MR) is 70.3 cm³/mol. The number of hydrogen-bond acceptors (Lipinski definition) is 4. The topological polar surface area (TPSA) is 66.8 Å². The molecule has 5 heteroatoms. The number of hydrogen-bond donors (Lipinski definition) is 2. The van der Waals surface area contributed by atoms with Gasteiger partial charge in [0.2, 0.25) is 0 Å². The molecule has 19 heavy (non-hydrogen) atoms. The van der Waals surface area contributed by atoms with Crippen LogP contribution in [0, 0.1) is 0 Å². The lowest BCUT2D eigenvalue weighted by molar-refractivity contribution is 0.0469. The summed E-state index contributed by atoms with van der Waals surface area (Å²) in [6, 6.07) is 10.6. The van der Waals surface area contributed by atoms with E-state index in [1.165, 1.54) is 12.1 Å². The first kappa shape index (κ1) is 13.2. The first-order chi connectivity index (χ1) is 9.06. The van der Waals surface area contributed by atoms with Crippen LogP contribution in [0.25, 0.3) is 0 Å². The molecule has 0 heterocycles. The van der Waals surface area contributed by atoms with Gasteiger partial charge in [0.15, 0.2) is 0 Å². The van der Waals surface area contributed by atoms with Crippen LogP contribution in [-0.2, 0) is 11.3 Å². The van der Waals surface area contributed by atoms with Gasteiger partial charge in [-0.1, -0.05) is 23.7 Å². The fourth-order valence-electron chi connectivity index (χ4n) is 1.50. The molecule has 0 aliphatic rings. The Morgan fingerprint density at radius 1 is 1.11 bits per heavy atom. The van der Waals surface area contributed by atoms with E-state index in [1.807, 2.05) is 0 Å². The van der Waals surface area contributed by atoms with Crippen molar-refractivity contribution in [1.29, 1.82) is 0 Å². The number of carbonyl (C=O) groups excluding carboxylic acids is 1. The van der Waals surface area contributed by atoms with E-state index < -0.39 is 5.97 Å². The Kier molecular flexibility index (Phi) is 3.92. The fraction of sp³-hybridized carbons (Fsp3) is 0.0714. The Hall–Kier alpha value is -2.20. The highest BCUT2D eigenvalue weighted by atomic mass is 35.5. The summed E-state index contributed by atoms with van der Waals surface area (Å²) in [6.45, 7) is 0.0797. The van der Waals surface area contributed by atoms with E-state index in [-0.39, 0.29) is 23.7 Å². The maximum atomic E-state index is 11.7. The predicted octanol–water partition coefficient (Wildman–Crippen LogP) is 3.11. The number of aromatic hydroxyl groups is 2. The standard InChI is InChI=1S/C14H11ClO4/c15-10-3-1-9(2-4-10)8-19-14(18)12-6-5-11(16)7-13(12)17/h1-7,16-17H,8H2. The zero-order valence-corrected chi connectivity index (χ0v) is 10.6. The average molecular weight is 279 g/mol. The lowest BCUT2D eigenvalue weighted by atomic mass is 10.2. The number of rotatable bonds is 3. The molecule has 0 saturated carbocycles. The molecule has 2 aromatic carbocycles. The van der Waals surface area contributed by atoms with E-state index in [2.05, 4.69) is 0 Å². The second kappa shape index (κ2) is 5.63. The van der Waals surface area contributed by atoms with Crippen molar-refractivity contribution < 1.29 is 19.7 Å². The molecule has 0 unspecified atom stereocenters. The Morgan fingerprint density at radius 2 is 1.79 bits per heavy atom. The molecule has 4 nitrogen and oxygen atoms in total. The first-order valence-corrected chi connectivity index (χ1v) is 5.87. The molecule has 0 radical (unpaired) electrons. The number of ether oxygens (including phenoxy) is 1. The van der Waals surface area contributed by atoms with Crippen molar-refractivity contribution in [3.63, 3.8) is 0 Å². The van der Waals surface area contributed by atoms with Crippen molar-refractivity contribution >= 4 is 17.6 Å². The summed E-state index contributed by atoms with van der Waals surface area (Å²) in [7, 11) is 0. The van der Waals surface area contributed by atoms with Crippen LogP contribution >= 0.6 is 11.6 Å². The normalized spacial score (nSPS) is 10.2. The number of phenolic OH excluding ortho intramolecular Hbond substituents is 2. The van der Waals surface area contributed by atoms with Crippen molar-refractivity contribution in [3.8, 4) is 11.5 Å². The minimum absolute atomic E-state index is 0.00626. The van der Waals surface area contributed by atoms with Gasteiger partial charge in [-0.15, -0.1) is 0 Å². The quantitative estimate of drug-likeness (QED) is 0.847. The zero-order chi connectivity index (χ0) is 13.8. The minimum atomic E-state index is -0.660. The van der Waals surface area contributed by atoms with Gasteiger partial charge in [0.1, 0.15) is 23.7 Å². The van der Waals surface area contributed by atoms with Gasteiger partial charge >= 0.3 is 5.97 Å². The molecular weight excluding hydrogens is 268 g/mol. The number of halogens is 1. The van der Waals surface area contributed by atoms with E-state index in [0.29, 0.717) is 5.02 Å². The summed E-state index contributed by atoms with van der Waals surface area (Å²) in [5.41, 5.74) is 0.794. The maximum Gasteiger partial charge on any atom is 0.342 e. The van der Waals surface area contributed by atoms with Crippen LogP contribution in [-0.4, -0.2) is 16.2 Å². The Morgan fingerprint density at radius 3 is 2.42 bits per heavy atom. The van der Waals surface area contributed by atoms with Gasteiger partial charge < -0.3 is 14.9 Å². The summed E-state index contributed by atoms with van der Waals surface area (Å²) in [6.07, 6.45) is 0. The highest BCUT2D eigenvalue weighted by Crippen LogP contribution is 2.23.